The number of hydrogen-bond donors (Lipinski definition) is 2. The Hall–Kier alpha value is -1.95. The minimum Gasteiger partial charge on any atom is -0.367 e. The Bertz CT molecular complexity index is 912. The molecule has 1 heterocycles. The molecule has 2 aliphatic rings. The topological polar surface area (TPSA) is 47.6 Å². The van der Waals surface area contributed by atoms with Crippen molar-refractivity contribution in [1.29, 1.82) is 0 Å². The fraction of sp³-hybridized carbons (Fsp3) is 0.500. The zero-order valence-corrected chi connectivity index (χ0v) is 20.8. The SMILES string of the molecule is CN(CCC1CCC(NC(=O)NCc2ccccc2)CC1)C1CN(c2cccc(Cl)c2Cl)C1. The summed E-state index contributed by atoms with van der Waals surface area (Å²) in [5, 5.41) is 7.39. The van der Waals surface area contributed by atoms with Gasteiger partial charge in [-0.25, -0.2) is 4.79 Å². The molecule has 2 fully saturated rings. The molecule has 7 heteroatoms. The van der Waals surface area contributed by atoms with Crippen LogP contribution in [0.3, 0.4) is 0 Å². The molecule has 0 bridgehead atoms. The average Bonchev–Trinajstić information content (AvgIpc) is 2.80. The van der Waals surface area contributed by atoms with E-state index in [-0.39, 0.29) is 12.1 Å². The second-order valence-electron chi connectivity index (χ2n) is 9.43. The Morgan fingerprint density at radius 3 is 2.48 bits per heavy atom. The van der Waals surface area contributed by atoms with E-state index in [4.69, 9.17) is 23.2 Å². The predicted octanol–water partition coefficient (Wildman–Crippen LogP) is 5.56. The molecule has 2 aromatic carbocycles. The normalized spacial score (nSPS) is 21.0. The van der Waals surface area contributed by atoms with E-state index in [2.05, 4.69) is 27.5 Å². The minimum atomic E-state index is -0.0589. The van der Waals surface area contributed by atoms with Gasteiger partial charge in [-0.3, -0.25) is 4.90 Å². The van der Waals surface area contributed by atoms with Gasteiger partial charge in [0.05, 0.1) is 15.7 Å². The molecule has 0 radical (unpaired) electrons. The molecule has 1 saturated heterocycles. The summed E-state index contributed by atoms with van der Waals surface area (Å²) in [4.78, 5) is 17.0. The summed E-state index contributed by atoms with van der Waals surface area (Å²) < 4.78 is 0. The molecular formula is C26H34Cl2N4O. The highest BCUT2D eigenvalue weighted by atomic mass is 35.5. The number of rotatable bonds is 8. The molecular weight excluding hydrogens is 455 g/mol. The van der Waals surface area contributed by atoms with Gasteiger partial charge in [0.25, 0.3) is 0 Å². The monoisotopic (exact) mass is 488 g/mol. The highest BCUT2D eigenvalue weighted by Gasteiger charge is 2.32. The number of nitrogens with zero attached hydrogens (tertiary/aromatic N) is 2. The van der Waals surface area contributed by atoms with E-state index in [9.17, 15) is 4.79 Å². The number of likely N-dealkylation sites (N-methyl/N-ethyl adjacent to an activating group) is 1. The van der Waals surface area contributed by atoms with Crippen LogP contribution in [0.25, 0.3) is 0 Å². The highest BCUT2D eigenvalue weighted by Crippen LogP contribution is 2.35. The van der Waals surface area contributed by atoms with E-state index in [1.165, 1.54) is 19.3 Å². The number of amides is 2. The molecule has 0 spiro atoms. The third kappa shape index (κ3) is 6.56. The molecule has 1 aliphatic carbocycles. The Balaban J connectivity index is 1.10. The van der Waals surface area contributed by atoms with Gasteiger partial charge in [0, 0.05) is 31.7 Å². The molecule has 178 valence electrons. The van der Waals surface area contributed by atoms with Crippen molar-refractivity contribution in [2.45, 2.75) is 50.7 Å². The van der Waals surface area contributed by atoms with Crippen LogP contribution in [0.1, 0.15) is 37.7 Å². The summed E-state index contributed by atoms with van der Waals surface area (Å²) in [5.41, 5.74) is 2.15. The number of carbonyl (C=O) groups is 1. The van der Waals surface area contributed by atoms with Crippen molar-refractivity contribution in [2.75, 3.05) is 31.6 Å². The van der Waals surface area contributed by atoms with Gasteiger partial charge in [-0.15, -0.1) is 0 Å². The van der Waals surface area contributed by atoms with Crippen LogP contribution in [-0.2, 0) is 6.54 Å². The lowest BCUT2D eigenvalue weighted by Gasteiger charge is -2.46. The maximum absolute atomic E-state index is 12.2. The quantitative estimate of drug-likeness (QED) is 0.510. The van der Waals surface area contributed by atoms with Crippen LogP contribution in [0, 0.1) is 5.92 Å². The number of benzene rings is 2. The lowest BCUT2D eigenvalue weighted by atomic mass is 9.84. The van der Waals surface area contributed by atoms with E-state index >= 15 is 0 Å². The van der Waals surface area contributed by atoms with Gasteiger partial charge in [-0.2, -0.15) is 0 Å². The molecule has 5 nitrogen and oxygen atoms in total. The van der Waals surface area contributed by atoms with Gasteiger partial charge >= 0.3 is 6.03 Å². The number of nitrogens with one attached hydrogen (secondary N) is 2. The summed E-state index contributed by atoms with van der Waals surface area (Å²) in [7, 11) is 2.23. The smallest absolute Gasteiger partial charge is 0.315 e. The van der Waals surface area contributed by atoms with Crippen LogP contribution in [0.4, 0.5) is 10.5 Å². The van der Waals surface area contributed by atoms with Gasteiger partial charge in [0.15, 0.2) is 0 Å². The molecule has 0 unspecified atom stereocenters. The maximum atomic E-state index is 12.2. The molecule has 0 atom stereocenters. The molecule has 2 amide bonds. The summed E-state index contributed by atoms with van der Waals surface area (Å²) in [5.74, 6) is 0.747. The first-order valence-corrected chi connectivity index (χ1v) is 12.7. The maximum Gasteiger partial charge on any atom is 0.315 e. The molecule has 2 N–H and O–H groups in total. The van der Waals surface area contributed by atoms with Crippen LogP contribution in [-0.4, -0.2) is 49.7 Å². The van der Waals surface area contributed by atoms with Crippen molar-refractivity contribution in [2.24, 2.45) is 5.92 Å². The summed E-state index contributed by atoms with van der Waals surface area (Å²) >= 11 is 12.5. The van der Waals surface area contributed by atoms with Gasteiger partial charge in [-0.1, -0.05) is 59.6 Å². The van der Waals surface area contributed by atoms with Gasteiger partial charge in [-0.05, 0) is 69.3 Å². The van der Waals surface area contributed by atoms with Crippen LogP contribution in [0.2, 0.25) is 10.0 Å². The van der Waals surface area contributed by atoms with Crippen molar-refractivity contribution >= 4 is 34.9 Å². The number of hydrogen-bond acceptors (Lipinski definition) is 3. The average molecular weight is 489 g/mol. The lowest BCUT2D eigenvalue weighted by molar-refractivity contribution is 0.177. The van der Waals surface area contributed by atoms with Crippen molar-refractivity contribution in [3.63, 3.8) is 0 Å². The number of carbonyl (C=O) groups excluding carboxylic acids is 1. The largest absolute Gasteiger partial charge is 0.367 e. The van der Waals surface area contributed by atoms with Gasteiger partial charge in [0.2, 0.25) is 0 Å². The molecule has 1 saturated carbocycles. The third-order valence-electron chi connectivity index (χ3n) is 7.13. The third-order valence-corrected chi connectivity index (χ3v) is 7.93. The van der Waals surface area contributed by atoms with E-state index in [1.54, 1.807) is 0 Å². The van der Waals surface area contributed by atoms with Gasteiger partial charge < -0.3 is 15.5 Å². The number of halogens is 2. The highest BCUT2D eigenvalue weighted by molar-refractivity contribution is 6.43. The van der Waals surface area contributed by atoms with E-state index < -0.39 is 0 Å². The predicted molar refractivity (Wildman–Crippen MR) is 137 cm³/mol. The minimum absolute atomic E-state index is 0.0589. The molecule has 4 rings (SSSR count). The van der Waals surface area contributed by atoms with Crippen molar-refractivity contribution in [3.05, 3.63) is 64.1 Å². The van der Waals surface area contributed by atoms with Crippen LogP contribution >= 0.6 is 23.2 Å². The van der Waals surface area contributed by atoms with Crippen molar-refractivity contribution in [1.82, 2.24) is 15.5 Å². The summed E-state index contributed by atoms with van der Waals surface area (Å²) in [6.45, 7) is 3.66. The van der Waals surface area contributed by atoms with E-state index in [1.807, 2.05) is 48.5 Å². The van der Waals surface area contributed by atoms with E-state index in [0.717, 1.165) is 49.6 Å². The first-order valence-electron chi connectivity index (χ1n) is 12.0. The first-order chi connectivity index (χ1) is 16.0. The second-order valence-corrected chi connectivity index (χ2v) is 10.2. The Labute approximate surface area is 207 Å². The zero-order valence-electron chi connectivity index (χ0n) is 19.3. The Morgan fingerprint density at radius 2 is 1.76 bits per heavy atom. The fourth-order valence-electron chi connectivity index (χ4n) is 4.85. The summed E-state index contributed by atoms with van der Waals surface area (Å²) in [6, 6.07) is 16.6. The Morgan fingerprint density at radius 1 is 1.03 bits per heavy atom. The molecule has 1 aliphatic heterocycles. The van der Waals surface area contributed by atoms with Crippen molar-refractivity contribution in [3.8, 4) is 0 Å². The van der Waals surface area contributed by atoms with Crippen LogP contribution in [0.5, 0.6) is 0 Å². The van der Waals surface area contributed by atoms with Crippen LogP contribution in [0.15, 0.2) is 48.5 Å². The summed E-state index contributed by atoms with van der Waals surface area (Å²) in [6.07, 6.45) is 5.73. The number of anilines is 1. The standard InChI is InChI=1S/C26H34Cl2N4O/c1-31(22-17-32(18-22)24-9-5-8-23(27)25(24)28)15-14-19-10-12-21(13-11-19)30-26(33)29-16-20-6-3-2-4-7-20/h2-9,19,21-22H,10-18H2,1H3,(H2,29,30,33). The first kappa shape index (κ1) is 24.2. The fourth-order valence-corrected chi connectivity index (χ4v) is 5.26. The molecule has 33 heavy (non-hydrogen) atoms. The lowest BCUT2D eigenvalue weighted by Crippen LogP contribution is -2.58. The Kier molecular flexibility index (Phi) is 8.39. The van der Waals surface area contributed by atoms with Crippen molar-refractivity contribution < 1.29 is 4.79 Å². The zero-order chi connectivity index (χ0) is 23.2. The van der Waals surface area contributed by atoms with E-state index in [0.29, 0.717) is 22.6 Å². The second kappa shape index (κ2) is 11.5. The van der Waals surface area contributed by atoms with Gasteiger partial charge in [0.1, 0.15) is 0 Å². The van der Waals surface area contributed by atoms with Crippen LogP contribution < -0.4 is 15.5 Å². The molecule has 0 aromatic heterocycles. The number of urea groups is 1. The molecule has 2 aromatic rings.